The van der Waals surface area contributed by atoms with Crippen LogP contribution in [0.3, 0.4) is 0 Å². The third kappa shape index (κ3) is 5.29. The molecule has 0 aliphatic carbocycles. The van der Waals surface area contributed by atoms with Crippen LogP contribution in [0.4, 0.5) is 13.2 Å². The van der Waals surface area contributed by atoms with Crippen molar-refractivity contribution in [1.29, 1.82) is 0 Å². The lowest BCUT2D eigenvalue weighted by molar-refractivity contribution is -0.137. The van der Waals surface area contributed by atoms with E-state index in [-0.39, 0.29) is 10.8 Å². The van der Waals surface area contributed by atoms with E-state index in [9.17, 15) is 27.6 Å². The number of hydrazone groups is 1. The normalized spacial score (nSPS) is 11.7. The van der Waals surface area contributed by atoms with Gasteiger partial charge in [-0.15, -0.1) is 0 Å². The maximum absolute atomic E-state index is 12.5. The number of halogens is 3. The van der Waals surface area contributed by atoms with Gasteiger partial charge in [0, 0.05) is 14.1 Å². The molecule has 1 aromatic heterocycles. The van der Waals surface area contributed by atoms with Crippen molar-refractivity contribution in [1.82, 2.24) is 19.8 Å². The van der Waals surface area contributed by atoms with E-state index >= 15 is 0 Å². The van der Waals surface area contributed by atoms with Crippen molar-refractivity contribution in [3.63, 3.8) is 0 Å². The van der Waals surface area contributed by atoms with Gasteiger partial charge in [0.15, 0.2) is 5.03 Å². The van der Waals surface area contributed by atoms with Gasteiger partial charge in [0.2, 0.25) is 5.91 Å². The maximum Gasteiger partial charge on any atom is 0.416 e. The molecule has 0 saturated heterocycles. The molecule has 2 aromatic rings. The molecule has 144 valence electrons. The molecule has 1 aromatic carbocycles. The molecule has 8 nitrogen and oxygen atoms in total. The van der Waals surface area contributed by atoms with Crippen LogP contribution >= 0.6 is 11.8 Å². The Morgan fingerprint density at radius 2 is 1.89 bits per heavy atom. The number of nitrogens with zero attached hydrogens (tertiary/aromatic N) is 4. The highest BCUT2D eigenvalue weighted by Gasteiger charge is 2.29. The molecule has 0 aliphatic heterocycles. The topological polar surface area (TPSA) is 98.3 Å². The molecule has 12 heteroatoms. The van der Waals surface area contributed by atoms with E-state index in [0.29, 0.717) is 5.56 Å². The molecular formula is C15H14F3N5O3S. The molecule has 0 atom stereocenters. The van der Waals surface area contributed by atoms with E-state index in [1.165, 1.54) is 32.4 Å². The summed E-state index contributed by atoms with van der Waals surface area (Å²) < 4.78 is 39.2. The Morgan fingerprint density at radius 3 is 2.48 bits per heavy atom. The average Bonchev–Trinajstić information content (AvgIpc) is 2.61. The van der Waals surface area contributed by atoms with Gasteiger partial charge in [-0.2, -0.15) is 23.4 Å². The molecule has 0 bridgehead atoms. The number of nitrogens with one attached hydrogen (secondary N) is 1. The largest absolute Gasteiger partial charge is 0.416 e. The summed E-state index contributed by atoms with van der Waals surface area (Å²) >= 11 is 0.828. The van der Waals surface area contributed by atoms with E-state index in [0.717, 1.165) is 33.1 Å². The molecule has 0 unspecified atom stereocenters. The highest BCUT2D eigenvalue weighted by Crippen LogP contribution is 2.28. The first-order chi connectivity index (χ1) is 12.6. The Labute approximate surface area is 154 Å². The van der Waals surface area contributed by atoms with E-state index < -0.39 is 28.9 Å². The maximum atomic E-state index is 12.5. The number of hydrogen-bond donors (Lipinski definition) is 1. The second-order valence-corrected chi connectivity index (χ2v) is 6.24. The van der Waals surface area contributed by atoms with Crippen molar-refractivity contribution in [2.75, 3.05) is 5.75 Å². The number of aromatic nitrogens is 3. The van der Waals surface area contributed by atoms with E-state index in [4.69, 9.17) is 0 Å². The summed E-state index contributed by atoms with van der Waals surface area (Å²) in [5.41, 5.74) is 0.559. The third-order valence-electron chi connectivity index (χ3n) is 3.27. The van der Waals surface area contributed by atoms with E-state index in [2.05, 4.69) is 15.6 Å². The summed E-state index contributed by atoms with van der Waals surface area (Å²) in [5.74, 6) is -0.744. The fourth-order valence-corrected chi connectivity index (χ4v) is 2.64. The number of aryl methyl sites for hydroxylation is 1. The summed E-state index contributed by atoms with van der Waals surface area (Å²) in [7, 11) is 2.67. The summed E-state index contributed by atoms with van der Waals surface area (Å²) in [4.78, 5) is 35.1. The van der Waals surface area contributed by atoms with Crippen molar-refractivity contribution < 1.29 is 18.0 Å². The predicted molar refractivity (Wildman–Crippen MR) is 92.6 cm³/mol. The van der Waals surface area contributed by atoms with Gasteiger partial charge in [-0.25, -0.2) is 14.9 Å². The number of alkyl halides is 3. The van der Waals surface area contributed by atoms with Crippen molar-refractivity contribution >= 4 is 23.9 Å². The molecule has 0 saturated carbocycles. The van der Waals surface area contributed by atoms with Crippen LogP contribution in [0.1, 0.15) is 11.1 Å². The summed E-state index contributed by atoms with van der Waals surface area (Å²) in [6.45, 7) is 0. The zero-order chi connectivity index (χ0) is 20.2. The fraction of sp³-hybridized carbons (Fsp3) is 0.267. The Kier molecular flexibility index (Phi) is 6.20. The Morgan fingerprint density at radius 1 is 1.26 bits per heavy atom. The first kappa shape index (κ1) is 20.4. The molecular weight excluding hydrogens is 387 g/mol. The highest BCUT2D eigenvalue weighted by molar-refractivity contribution is 7.99. The fourth-order valence-electron chi connectivity index (χ4n) is 1.86. The number of benzene rings is 1. The number of amides is 1. The number of thioether (sulfide) groups is 1. The smallest absolute Gasteiger partial charge is 0.272 e. The number of hydrogen-bond acceptors (Lipinski definition) is 6. The standard InChI is InChI=1S/C15H14F3N5O3S/c1-22-13(25)12(21-23(2)14(22)26)27-8-11(24)20-19-7-9-3-5-10(6-4-9)15(16,17)18/h3-7H,8H2,1-2H3,(H,20,24)/b19-7-. The van der Waals surface area contributed by atoms with Crippen molar-refractivity contribution in [3.05, 3.63) is 56.2 Å². The van der Waals surface area contributed by atoms with Gasteiger partial charge in [-0.3, -0.25) is 14.2 Å². The van der Waals surface area contributed by atoms with Crippen molar-refractivity contribution in [2.24, 2.45) is 19.2 Å². The van der Waals surface area contributed by atoms with Crippen LogP contribution in [-0.2, 0) is 25.1 Å². The summed E-state index contributed by atoms with van der Waals surface area (Å²) in [6.07, 6.45) is -3.24. The second-order valence-electron chi connectivity index (χ2n) is 5.28. The number of rotatable bonds is 5. The quantitative estimate of drug-likeness (QED) is 0.453. The van der Waals surface area contributed by atoms with Gasteiger partial charge in [0.25, 0.3) is 5.56 Å². The lowest BCUT2D eigenvalue weighted by Gasteiger charge is -2.06. The average molecular weight is 401 g/mol. The zero-order valence-corrected chi connectivity index (χ0v) is 15.0. The molecule has 1 N–H and O–H groups in total. The molecule has 0 radical (unpaired) electrons. The molecule has 0 aliphatic rings. The third-order valence-corrected chi connectivity index (χ3v) is 4.21. The predicted octanol–water partition coefficient (Wildman–Crippen LogP) is 0.740. The first-order valence-corrected chi connectivity index (χ1v) is 8.34. The van der Waals surface area contributed by atoms with Crippen molar-refractivity contribution in [3.8, 4) is 0 Å². The highest BCUT2D eigenvalue weighted by atomic mass is 32.2. The van der Waals surface area contributed by atoms with Crippen LogP contribution in [0.25, 0.3) is 0 Å². The van der Waals surface area contributed by atoms with Crippen LogP contribution in [0.5, 0.6) is 0 Å². The van der Waals surface area contributed by atoms with Gasteiger partial charge in [-0.05, 0) is 17.7 Å². The number of carbonyl (C=O) groups is 1. The minimum Gasteiger partial charge on any atom is -0.272 e. The van der Waals surface area contributed by atoms with Crippen LogP contribution in [0, 0.1) is 0 Å². The lowest BCUT2D eigenvalue weighted by atomic mass is 10.1. The molecule has 2 rings (SSSR count). The molecule has 27 heavy (non-hydrogen) atoms. The van der Waals surface area contributed by atoms with E-state index in [1.807, 2.05) is 0 Å². The van der Waals surface area contributed by atoms with Gasteiger partial charge in [0.05, 0.1) is 17.5 Å². The van der Waals surface area contributed by atoms with E-state index in [1.54, 1.807) is 0 Å². The summed E-state index contributed by atoms with van der Waals surface area (Å²) in [6, 6.07) is 4.23. The van der Waals surface area contributed by atoms with Gasteiger partial charge in [-0.1, -0.05) is 23.9 Å². The number of carbonyl (C=O) groups excluding carboxylic acids is 1. The lowest BCUT2D eigenvalue weighted by Crippen LogP contribution is -2.39. The van der Waals surface area contributed by atoms with Crippen LogP contribution in [-0.4, -0.2) is 32.2 Å². The van der Waals surface area contributed by atoms with Gasteiger partial charge in [0.1, 0.15) is 0 Å². The van der Waals surface area contributed by atoms with Gasteiger partial charge >= 0.3 is 11.9 Å². The molecule has 0 fully saturated rings. The molecule has 1 amide bonds. The minimum atomic E-state index is -4.42. The van der Waals surface area contributed by atoms with Gasteiger partial charge < -0.3 is 0 Å². The van der Waals surface area contributed by atoms with Crippen LogP contribution in [0.2, 0.25) is 0 Å². The zero-order valence-electron chi connectivity index (χ0n) is 14.1. The SMILES string of the molecule is Cn1nc(SCC(=O)N/N=C\c2ccc(C(F)(F)F)cc2)c(=O)n(C)c1=O. The second kappa shape index (κ2) is 8.20. The van der Waals surface area contributed by atoms with Crippen LogP contribution < -0.4 is 16.7 Å². The minimum absolute atomic E-state index is 0.0264. The van der Waals surface area contributed by atoms with Crippen molar-refractivity contribution in [2.45, 2.75) is 11.2 Å². The Hall–Kier alpha value is -2.89. The monoisotopic (exact) mass is 401 g/mol. The molecule has 1 heterocycles. The van der Waals surface area contributed by atoms with Crippen LogP contribution in [0.15, 0.2) is 44.0 Å². The first-order valence-electron chi connectivity index (χ1n) is 7.36. The Balaban J connectivity index is 1.92. The Bertz CT molecular complexity index is 980. The summed E-state index contributed by atoms with van der Waals surface area (Å²) in [5, 5.41) is 7.40. The molecule has 0 spiro atoms.